The monoisotopic (exact) mass is 236 g/mol. The third-order valence-corrected chi connectivity index (χ3v) is 2.41. The van der Waals surface area contributed by atoms with Crippen LogP contribution in [-0.2, 0) is 11.2 Å². The van der Waals surface area contributed by atoms with Gasteiger partial charge in [-0.2, -0.15) is 0 Å². The number of nitrogens with zero attached hydrogens (tertiary/aromatic N) is 1. The minimum Gasteiger partial charge on any atom is -0.493 e. The molecule has 2 N–H and O–H groups in total. The average Bonchev–Trinajstić information content (AvgIpc) is 2.29. The lowest BCUT2D eigenvalue weighted by atomic mass is 10.1. The smallest absolute Gasteiger partial charge is 0.225 e. The molecule has 0 bridgehead atoms. The van der Waals surface area contributed by atoms with Crippen molar-refractivity contribution in [2.75, 3.05) is 27.2 Å². The van der Waals surface area contributed by atoms with Crippen molar-refractivity contribution in [3.63, 3.8) is 0 Å². The molecule has 0 aliphatic heterocycles. The van der Waals surface area contributed by atoms with E-state index in [0.29, 0.717) is 19.6 Å². The first kappa shape index (κ1) is 13.5. The Labute approximate surface area is 102 Å². The predicted octanol–water partition coefficient (Wildman–Crippen LogP) is 1.04. The summed E-state index contributed by atoms with van der Waals surface area (Å²) in [4.78, 5) is 12.9. The van der Waals surface area contributed by atoms with Gasteiger partial charge in [0.15, 0.2) is 0 Å². The maximum absolute atomic E-state index is 11.3. The summed E-state index contributed by atoms with van der Waals surface area (Å²) < 4.78 is 5.53. The summed E-state index contributed by atoms with van der Waals surface area (Å²) in [6.07, 6.45) is 1.24. The maximum Gasteiger partial charge on any atom is 0.225 e. The van der Waals surface area contributed by atoms with Crippen LogP contribution in [0.4, 0.5) is 0 Å². The Kier molecular flexibility index (Phi) is 5.49. The fraction of sp³-hybridized carbons (Fsp3) is 0.462. The van der Waals surface area contributed by atoms with E-state index in [1.165, 1.54) is 0 Å². The first-order chi connectivity index (χ1) is 8.13. The quantitative estimate of drug-likeness (QED) is 0.803. The standard InChI is InChI=1S/C13H20N2O2/c1-15(2)13(16)7-9-17-12-5-3-4-11(10-12)6-8-14/h3-5,10H,6-9,14H2,1-2H3. The highest BCUT2D eigenvalue weighted by atomic mass is 16.5. The van der Waals surface area contributed by atoms with Crippen molar-refractivity contribution in [1.29, 1.82) is 0 Å². The van der Waals surface area contributed by atoms with E-state index in [-0.39, 0.29) is 5.91 Å². The van der Waals surface area contributed by atoms with E-state index < -0.39 is 0 Å². The largest absolute Gasteiger partial charge is 0.493 e. The lowest BCUT2D eigenvalue weighted by molar-refractivity contribution is -0.129. The first-order valence-corrected chi connectivity index (χ1v) is 5.75. The molecule has 0 heterocycles. The molecule has 0 fully saturated rings. The van der Waals surface area contributed by atoms with Crippen LogP contribution in [0.1, 0.15) is 12.0 Å². The van der Waals surface area contributed by atoms with Crippen LogP contribution in [0.15, 0.2) is 24.3 Å². The van der Waals surface area contributed by atoms with Crippen LogP contribution in [0.5, 0.6) is 5.75 Å². The Hall–Kier alpha value is -1.55. The van der Waals surface area contributed by atoms with Gasteiger partial charge >= 0.3 is 0 Å². The van der Waals surface area contributed by atoms with Crippen LogP contribution in [0.3, 0.4) is 0 Å². The third-order valence-electron chi connectivity index (χ3n) is 2.41. The van der Waals surface area contributed by atoms with Gasteiger partial charge in [0, 0.05) is 14.1 Å². The number of carbonyl (C=O) groups excluding carboxylic acids is 1. The van der Waals surface area contributed by atoms with E-state index in [1.807, 2.05) is 24.3 Å². The number of benzene rings is 1. The molecule has 0 aliphatic carbocycles. The van der Waals surface area contributed by atoms with Crippen molar-refractivity contribution in [2.45, 2.75) is 12.8 Å². The summed E-state index contributed by atoms with van der Waals surface area (Å²) in [5.41, 5.74) is 6.65. The van der Waals surface area contributed by atoms with Crippen molar-refractivity contribution in [1.82, 2.24) is 4.90 Å². The zero-order valence-corrected chi connectivity index (χ0v) is 10.5. The Morgan fingerprint density at radius 1 is 1.41 bits per heavy atom. The molecule has 0 atom stereocenters. The molecule has 94 valence electrons. The molecule has 0 saturated heterocycles. The lowest BCUT2D eigenvalue weighted by Gasteiger charge is -2.11. The highest BCUT2D eigenvalue weighted by Gasteiger charge is 2.04. The topological polar surface area (TPSA) is 55.6 Å². The normalized spacial score (nSPS) is 10.1. The minimum absolute atomic E-state index is 0.0723. The molecule has 0 aliphatic rings. The van der Waals surface area contributed by atoms with Gasteiger partial charge in [-0.15, -0.1) is 0 Å². The van der Waals surface area contributed by atoms with Gasteiger partial charge in [0.05, 0.1) is 13.0 Å². The van der Waals surface area contributed by atoms with E-state index in [0.717, 1.165) is 17.7 Å². The van der Waals surface area contributed by atoms with Crippen molar-refractivity contribution >= 4 is 5.91 Å². The summed E-state index contributed by atoms with van der Waals surface area (Å²) >= 11 is 0. The van der Waals surface area contributed by atoms with E-state index in [4.69, 9.17) is 10.5 Å². The molecule has 4 heteroatoms. The summed E-state index contributed by atoms with van der Waals surface area (Å²) in [5.74, 6) is 0.866. The van der Waals surface area contributed by atoms with Gasteiger partial charge in [-0.3, -0.25) is 4.79 Å². The first-order valence-electron chi connectivity index (χ1n) is 5.75. The molecule has 1 rings (SSSR count). The van der Waals surface area contributed by atoms with Gasteiger partial charge in [-0.1, -0.05) is 12.1 Å². The van der Waals surface area contributed by atoms with Crippen LogP contribution >= 0.6 is 0 Å². The van der Waals surface area contributed by atoms with Crippen LogP contribution in [0.25, 0.3) is 0 Å². The van der Waals surface area contributed by atoms with E-state index in [2.05, 4.69) is 0 Å². The van der Waals surface area contributed by atoms with Crippen LogP contribution in [0.2, 0.25) is 0 Å². The summed E-state index contributed by atoms with van der Waals surface area (Å²) in [6, 6.07) is 7.81. The zero-order valence-electron chi connectivity index (χ0n) is 10.5. The molecule has 1 aromatic rings. The molecule has 0 unspecified atom stereocenters. The number of amides is 1. The van der Waals surface area contributed by atoms with Gasteiger partial charge in [-0.05, 0) is 30.7 Å². The maximum atomic E-state index is 11.3. The molecule has 1 amide bonds. The van der Waals surface area contributed by atoms with Crippen molar-refractivity contribution in [3.8, 4) is 5.75 Å². The molecule has 0 aromatic heterocycles. The highest BCUT2D eigenvalue weighted by Crippen LogP contribution is 2.13. The number of ether oxygens (including phenoxy) is 1. The van der Waals surface area contributed by atoms with Gasteiger partial charge < -0.3 is 15.4 Å². The number of hydrogen-bond acceptors (Lipinski definition) is 3. The fourth-order valence-electron chi connectivity index (χ4n) is 1.44. The number of carbonyl (C=O) groups is 1. The molecule has 4 nitrogen and oxygen atoms in total. The van der Waals surface area contributed by atoms with Crippen LogP contribution in [-0.4, -0.2) is 38.1 Å². The van der Waals surface area contributed by atoms with Crippen molar-refractivity contribution < 1.29 is 9.53 Å². The fourth-order valence-corrected chi connectivity index (χ4v) is 1.44. The molecule has 17 heavy (non-hydrogen) atoms. The predicted molar refractivity (Wildman–Crippen MR) is 68.0 cm³/mol. The SMILES string of the molecule is CN(C)C(=O)CCOc1cccc(CCN)c1. The molecule has 1 aromatic carbocycles. The van der Waals surface area contributed by atoms with Gasteiger partial charge in [0.25, 0.3) is 0 Å². The minimum atomic E-state index is 0.0723. The second-order valence-corrected chi connectivity index (χ2v) is 4.07. The van der Waals surface area contributed by atoms with E-state index in [1.54, 1.807) is 19.0 Å². The van der Waals surface area contributed by atoms with Gasteiger partial charge in [0.1, 0.15) is 5.75 Å². The molecular formula is C13H20N2O2. The zero-order chi connectivity index (χ0) is 12.7. The average molecular weight is 236 g/mol. The van der Waals surface area contributed by atoms with E-state index in [9.17, 15) is 4.79 Å². The second kappa shape index (κ2) is 6.91. The van der Waals surface area contributed by atoms with Crippen molar-refractivity contribution in [2.24, 2.45) is 5.73 Å². The Bertz CT molecular complexity index is 364. The van der Waals surface area contributed by atoms with Crippen LogP contribution in [0, 0.1) is 0 Å². The Balaban J connectivity index is 2.41. The lowest BCUT2D eigenvalue weighted by Crippen LogP contribution is -2.23. The molecule has 0 saturated carbocycles. The third kappa shape index (κ3) is 4.87. The van der Waals surface area contributed by atoms with Gasteiger partial charge in [-0.25, -0.2) is 0 Å². The second-order valence-electron chi connectivity index (χ2n) is 4.07. The summed E-state index contributed by atoms with van der Waals surface area (Å²) in [6.45, 7) is 1.03. The highest BCUT2D eigenvalue weighted by molar-refractivity contribution is 5.75. The Morgan fingerprint density at radius 2 is 2.18 bits per heavy atom. The molecule has 0 radical (unpaired) electrons. The summed E-state index contributed by atoms with van der Waals surface area (Å²) in [7, 11) is 3.48. The van der Waals surface area contributed by atoms with Gasteiger partial charge in [0.2, 0.25) is 5.91 Å². The summed E-state index contributed by atoms with van der Waals surface area (Å²) in [5, 5.41) is 0. The van der Waals surface area contributed by atoms with Crippen molar-refractivity contribution in [3.05, 3.63) is 29.8 Å². The molecule has 0 spiro atoms. The Morgan fingerprint density at radius 3 is 2.82 bits per heavy atom. The number of hydrogen-bond donors (Lipinski definition) is 1. The molecular weight excluding hydrogens is 216 g/mol. The van der Waals surface area contributed by atoms with Crippen LogP contribution < -0.4 is 10.5 Å². The number of rotatable bonds is 6. The number of nitrogens with two attached hydrogens (primary N) is 1. The van der Waals surface area contributed by atoms with E-state index >= 15 is 0 Å².